The molecule has 0 saturated carbocycles. The van der Waals surface area contributed by atoms with Crippen LogP contribution in [0.15, 0.2) is 18.2 Å². The molecule has 0 saturated heterocycles. The smallest absolute Gasteiger partial charge is 0.164 e. The van der Waals surface area contributed by atoms with Gasteiger partial charge in [0.15, 0.2) is 8.46 Å². The van der Waals surface area contributed by atoms with Gasteiger partial charge in [-0.1, -0.05) is 48.2 Å². The fraction of sp³-hybridized carbons (Fsp3) is 0.562. The van der Waals surface area contributed by atoms with Crippen molar-refractivity contribution in [3.8, 4) is 5.75 Å². The van der Waals surface area contributed by atoms with Crippen LogP contribution in [0.1, 0.15) is 39.5 Å². The molecule has 2 atom stereocenters. The number of ether oxygens (including phenoxy) is 1. The van der Waals surface area contributed by atoms with Gasteiger partial charge in [0.2, 0.25) is 0 Å². The number of alkyl halides is 2. The van der Waals surface area contributed by atoms with Crippen molar-refractivity contribution in [1.82, 2.24) is 4.98 Å². The summed E-state index contributed by atoms with van der Waals surface area (Å²) in [5.74, 6) is 1.25. The molecule has 2 unspecified atom stereocenters. The Labute approximate surface area is 157 Å². The highest BCUT2D eigenvalue weighted by atomic mass is 79.9. The molecule has 6 heteroatoms. The Morgan fingerprint density at radius 2 is 2.18 bits per heavy atom. The number of aromatic nitrogens is 1. The summed E-state index contributed by atoms with van der Waals surface area (Å²) in [6.07, 6.45) is 4.86. The maximum absolute atomic E-state index is 6.33. The standard InChI is InChI=1S/C16H21Br2NOS2/c1-3-4-5-7-11(10-17)16(2,18)20-12-8-6-9-13-14(12)19-15(21)22-13/h6,8-9,11H,3-5,7,10H2,1-2H3,(H,19,21). The van der Waals surface area contributed by atoms with Crippen molar-refractivity contribution in [1.29, 1.82) is 0 Å². The number of aromatic amines is 1. The molecule has 22 heavy (non-hydrogen) atoms. The molecular weight excluding hydrogens is 446 g/mol. The van der Waals surface area contributed by atoms with Gasteiger partial charge in [-0.25, -0.2) is 0 Å². The Balaban J connectivity index is 2.19. The summed E-state index contributed by atoms with van der Waals surface area (Å²) in [5, 5.41) is 0.911. The van der Waals surface area contributed by atoms with Crippen molar-refractivity contribution >= 4 is 65.6 Å². The van der Waals surface area contributed by atoms with Gasteiger partial charge in [-0.3, -0.25) is 0 Å². The predicted molar refractivity (Wildman–Crippen MR) is 106 cm³/mol. The minimum absolute atomic E-state index is 0.399. The summed E-state index contributed by atoms with van der Waals surface area (Å²) in [6.45, 7) is 4.33. The lowest BCUT2D eigenvalue weighted by atomic mass is 9.98. The van der Waals surface area contributed by atoms with Crippen LogP contribution >= 0.6 is 55.4 Å². The molecule has 2 nitrogen and oxygen atoms in total. The van der Waals surface area contributed by atoms with Crippen molar-refractivity contribution in [2.24, 2.45) is 5.92 Å². The lowest BCUT2D eigenvalue weighted by Crippen LogP contribution is -2.35. The highest BCUT2D eigenvalue weighted by Gasteiger charge is 2.33. The van der Waals surface area contributed by atoms with Crippen LogP contribution in [0.25, 0.3) is 10.2 Å². The normalized spacial score (nSPS) is 15.6. The topological polar surface area (TPSA) is 25.0 Å². The van der Waals surface area contributed by atoms with Gasteiger partial charge in [0.25, 0.3) is 0 Å². The molecule has 2 aromatic rings. The third-order valence-electron chi connectivity index (χ3n) is 3.80. The number of fused-ring (bicyclic) bond motifs is 1. The van der Waals surface area contributed by atoms with E-state index in [-0.39, 0.29) is 0 Å². The SMILES string of the molecule is CCCCCC(CBr)C(C)(Br)Oc1cccc2sc(=S)[nH]c12. The second kappa shape index (κ2) is 8.27. The van der Waals surface area contributed by atoms with E-state index < -0.39 is 4.51 Å². The van der Waals surface area contributed by atoms with Crippen LogP contribution < -0.4 is 4.74 Å². The van der Waals surface area contributed by atoms with Crippen LogP contribution in [0, 0.1) is 9.87 Å². The quantitative estimate of drug-likeness (QED) is 0.256. The third kappa shape index (κ3) is 4.56. The number of H-pyrrole nitrogens is 1. The fourth-order valence-corrected chi connectivity index (χ4v) is 5.51. The number of benzene rings is 1. The monoisotopic (exact) mass is 465 g/mol. The van der Waals surface area contributed by atoms with E-state index in [9.17, 15) is 0 Å². The summed E-state index contributed by atoms with van der Waals surface area (Å²) in [5.41, 5.74) is 0.991. The zero-order chi connectivity index (χ0) is 16.2. The second-order valence-electron chi connectivity index (χ2n) is 5.58. The molecule has 0 spiro atoms. The molecular formula is C16H21Br2NOS2. The van der Waals surface area contributed by atoms with Crippen LogP contribution in [-0.2, 0) is 0 Å². The molecule has 1 aromatic carbocycles. The first-order chi connectivity index (χ1) is 10.5. The molecule has 0 amide bonds. The van der Waals surface area contributed by atoms with Crippen LogP contribution in [0.3, 0.4) is 0 Å². The van der Waals surface area contributed by atoms with E-state index in [0.29, 0.717) is 5.92 Å². The Hall–Kier alpha value is 0.0900. The van der Waals surface area contributed by atoms with E-state index >= 15 is 0 Å². The maximum atomic E-state index is 6.33. The first-order valence-electron chi connectivity index (χ1n) is 7.53. The maximum Gasteiger partial charge on any atom is 0.164 e. The van der Waals surface area contributed by atoms with Crippen molar-refractivity contribution in [3.63, 3.8) is 0 Å². The third-order valence-corrected chi connectivity index (χ3v) is 6.59. The molecule has 0 aliphatic heterocycles. The summed E-state index contributed by atoms with van der Waals surface area (Å²) in [7, 11) is 0. The number of hydrogen-bond donors (Lipinski definition) is 1. The van der Waals surface area contributed by atoms with Gasteiger partial charge in [0.1, 0.15) is 11.3 Å². The minimum Gasteiger partial charge on any atom is -0.474 e. The molecule has 1 aromatic heterocycles. The van der Waals surface area contributed by atoms with Gasteiger partial charge in [-0.05, 0) is 53.6 Å². The van der Waals surface area contributed by atoms with E-state index in [1.165, 1.54) is 19.3 Å². The fourth-order valence-electron chi connectivity index (χ4n) is 2.44. The summed E-state index contributed by atoms with van der Waals surface area (Å²) < 4.78 is 7.83. The Morgan fingerprint density at radius 3 is 2.86 bits per heavy atom. The highest BCUT2D eigenvalue weighted by molar-refractivity contribution is 9.10. The van der Waals surface area contributed by atoms with Gasteiger partial charge in [0.05, 0.1) is 4.70 Å². The first-order valence-corrected chi connectivity index (χ1v) is 10.7. The largest absolute Gasteiger partial charge is 0.474 e. The lowest BCUT2D eigenvalue weighted by molar-refractivity contribution is 0.130. The Kier molecular flexibility index (Phi) is 6.92. The van der Waals surface area contributed by atoms with Crippen molar-refractivity contribution in [3.05, 3.63) is 22.2 Å². The van der Waals surface area contributed by atoms with E-state index in [1.807, 2.05) is 12.1 Å². The van der Waals surface area contributed by atoms with Gasteiger partial charge >= 0.3 is 0 Å². The van der Waals surface area contributed by atoms with Crippen molar-refractivity contribution in [2.45, 2.75) is 44.0 Å². The zero-order valence-electron chi connectivity index (χ0n) is 12.8. The molecule has 0 bridgehead atoms. The predicted octanol–water partition coefficient (Wildman–Crippen LogP) is 7.04. The number of halogens is 2. The van der Waals surface area contributed by atoms with E-state index in [2.05, 4.69) is 56.8 Å². The van der Waals surface area contributed by atoms with Crippen LogP contribution in [0.4, 0.5) is 0 Å². The summed E-state index contributed by atoms with van der Waals surface area (Å²) >= 11 is 14.3. The highest BCUT2D eigenvalue weighted by Crippen LogP contribution is 2.38. The molecule has 0 radical (unpaired) electrons. The van der Waals surface area contributed by atoms with Gasteiger partial charge in [-0.2, -0.15) is 0 Å². The van der Waals surface area contributed by atoms with E-state index in [4.69, 9.17) is 17.0 Å². The molecule has 1 N–H and O–H groups in total. The zero-order valence-corrected chi connectivity index (χ0v) is 17.6. The van der Waals surface area contributed by atoms with Gasteiger partial charge < -0.3 is 9.72 Å². The molecule has 0 fully saturated rings. The molecule has 1 heterocycles. The number of nitrogens with one attached hydrogen (secondary N) is 1. The number of para-hydroxylation sites is 1. The van der Waals surface area contributed by atoms with Crippen LogP contribution in [-0.4, -0.2) is 14.8 Å². The number of unbranched alkanes of at least 4 members (excludes halogenated alkanes) is 2. The van der Waals surface area contributed by atoms with E-state index in [1.54, 1.807) is 11.3 Å². The first kappa shape index (κ1) is 18.4. The molecule has 122 valence electrons. The number of hydrogen-bond acceptors (Lipinski definition) is 3. The number of thiazole rings is 1. The Bertz CT molecular complexity index is 665. The summed E-state index contributed by atoms with van der Waals surface area (Å²) in [4.78, 5) is 3.23. The van der Waals surface area contributed by atoms with Crippen LogP contribution in [0.2, 0.25) is 0 Å². The van der Waals surface area contributed by atoms with Crippen LogP contribution in [0.5, 0.6) is 5.75 Å². The second-order valence-corrected chi connectivity index (χ2v) is 9.52. The molecule has 0 aliphatic rings. The van der Waals surface area contributed by atoms with Gasteiger partial charge in [-0.15, -0.1) is 11.3 Å². The molecule has 2 rings (SSSR count). The lowest BCUT2D eigenvalue weighted by Gasteiger charge is -2.32. The molecule has 0 aliphatic carbocycles. The van der Waals surface area contributed by atoms with Crippen molar-refractivity contribution in [2.75, 3.05) is 5.33 Å². The summed E-state index contributed by atoms with van der Waals surface area (Å²) in [6, 6.07) is 6.07. The minimum atomic E-state index is -0.407. The average molecular weight is 467 g/mol. The average Bonchev–Trinajstić information content (AvgIpc) is 2.84. The van der Waals surface area contributed by atoms with Gasteiger partial charge in [0, 0.05) is 11.2 Å². The number of rotatable bonds is 8. The van der Waals surface area contributed by atoms with E-state index in [0.717, 1.165) is 31.7 Å². The van der Waals surface area contributed by atoms with Crippen molar-refractivity contribution < 1.29 is 4.74 Å². The Morgan fingerprint density at radius 1 is 1.41 bits per heavy atom.